The van der Waals surface area contributed by atoms with E-state index < -0.39 is 5.82 Å². The molecule has 19 heavy (non-hydrogen) atoms. The predicted octanol–water partition coefficient (Wildman–Crippen LogP) is 3.99. The molecule has 0 amide bonds. The van der Waals surface area contributed by atoms with E-state index in [1.54, 1.807) is 18.2 Å². The van der Waals surface area contributed by atoms with Crippen LogP contribution in [0.1, 0.15) is 11.1 Å². The number of nitrogens with one attached hydrogen (secondary N) is 1. The van der Waals surface area contributed by atoms with E-state index in [-0.39, 0.29) is 5.56 Å². The second-order valence-electron chi connectivity index (χ2n) is 4.09. The molecule has 0 atom stereocenters. The van der Waals surface area contributed by atoms with E-state index in [1.165, 1.54) is 12.1 Å². The maximum Gasteiger partial charge on any atom is 0.143 e. The van der Waals surface area contributed by atoms with Gasteiger partial charge < -0.3 is 11.1 Å². The highest BCUT2D eigenvalue weighted by atomic mass is 35.5. The van der Waals surface area contributed by atoms with Crippen molar-refractivity contribution < 1.29 is 4.39 Å². The standard InChI is InChI=1S/C14H11ClFN3/c1-8-5-12(18)10(15)6-14(8)19-13-4-2-3-11(16)9(13)7-17/h2-6,19H,18H2,1H3. The normalized spacial score (nSPS) is 10.0. The van der Waals surface area contributed by atoms with Crippen LogP contribution in [0.2, 0.25) is 5.02 Å². The Morgan fingerprint density at radius 3 is 2.74 bits per heavy atom. The number of benzene rings is 2. The number of nitrogen functional groups attached to an aromatic ring is 1. The highest BCUT2D eigenvalue weighted by molar-refractivity contribution is 6.33. The van der Waals surface area contributed by atoms with Gasteiger partial charge in [-0.25, -0.2) is 4.39 Å². The van der Waals surface area contributed by atoms with Gasteiger partial charge in [0.2, 0.25) is 0 Å². The van der Waals surface area contributed by atoms with Crippen LogP contribution >= 0.6 is 11.6 Å². The van der Waals surface area contributed by atoms with Crippen LogP contribution in [-0.2, 0) is 0 Å². The van der Waals surface area contributed by atoms with Crippen molar-refractivity contribution in [3.8, 4) is 6.07 Å². The third-order valence-corrected chi connectivity index (χ3v) is 3.07. The molecular weight excluding hydrogens is 265 g/mol. The lowest BCUT2D eigenvalue weighted by Gasteiger charge is -2.12. The first-order valence-electron chi connectivity index (χ1n) is 5.54. The Morgan fingerprint density at radius 2 is 2.05 bits per heavy atom. The molecule has 0 spiro atoms. The Bertz CT molecular complexity index is 677. The minimum atomic E-state index is -0.563. The largest absolute Gasteiger partial charge is 0.398 e. The van der Waals surface area contributed by atoms with Crippen molar-refractivity contribution in [1.29, 1.82) is 5.26 Å². The van der Waals surface area contributed by atoms with E-state index in [2.05, 4.69) is 5.32 Å². The summed E-state index contributed by atoms with van der Waals surface area (Å²) in [5.41, 5.74) is 8.07. The zero-order valence-electron chi connectivity index (χ0n) is 10.2. The zero-order valence-corrected chi connectivity index (χ0v) is 10.9. The lowest BCUT2D eigenvalue weighted by Crippen LogP contribution is -1.99. The highest BCUT2D eigenvalue weighted by Gasteiger charge is 2.10. The Labute approximate surface area is 115 Å². The lowest BCUT2D eigenvalue weighted by molar-refractivity contribution is 0.624. The maximum atomic E-state index is 13.5. The molecule has 0 aliphatic carbocycles. The Balaban J connectivity index is 2.45. The molecule has 0 saturated heterocycles. The van der Waals surface area contributed by atoms with E-state index in [0.717, 1.165) is 5.56 Å². The monoisotopic (exact) mass is 275 g/mol. The molecule has 3 N–H and O–H groups in total. The number of nitriles is 1. The molecule has 5 heteroatoms. The van der Waals surface area contributed by atoms with Crippen molar-refractivity contribution in [2.24, 2.45) is 0 Å². The number of nitrogens with two attached hydrogens (primary N) is 1. The van der Waals surface area contributed by atoms with Gasteiger partial charge in [-0.2, -0.15) is 5.26 Å². The number of hydrogen-bond acceptors (Lipinski definition) is 3. The van der Waals surface area contributed by atoms with Gasteiger partial charge in [0.25, 0.3) is 0 Å². The molecule has 0 heterocycles. The average molecular weight is 276 g/mol. The van der Waals surface area contributed by atoms with E-state index >= 15 is 0 Å². The Morgan fingerprint density at radius 1 is 1.32 bits per heavy atom. The van der Waals surface area contributed by atoms with Crippen LogP contribution in [0.3, 0.4) is 0 Å². The minimum absolute atomic E-state index is 0.0325. The molecular formula is C14H11ClFN3. The molecule has 0 aliphatic heterocycles. The minimum Gasteiger partial charge on any atom is -0.398 e. The number of aryl methyl sites for hydroxylation is 1. The van der Waals surface area contributed by atoms with Crippen LogP contribution in [0.25, 0.3) is 0 Å². The first-order valence-corrected chi connectivity index (χ1v) is 5.92. The van der Waals surface area contributed by atoms with Crippen LogP contribution in [-0.4, -0.2) is 0 Å². The number of halogens is 2. The van der Waals surface area contributed by atoms with Gasteiger partial charge in [-0.3, -0.25) is 0 Å². The fraction of sp³-hybridized carbons (Fsp3) is 0.0714. The third kappa shape index (κ3) is 2.61. The van der Waals surface area contributed by atoms with Crippen molar-refractivity contribution in [2.75, 3.05) is 11.1 Å². The summed E-state index contributed by atoms with van der Waals surface area (Å²) in [6.45, 7) is 1.85. The third-order valence-electron chi connectivity index (χ3n) is 2.74. The Kier molecular flexibility index (Phi) is 3.59. The summed E-state index contributed by atoms with van der Waals surface area (Å²) in [4.78, 5) is 0. The molecule has 3 nitrogen and oxygen atoms in total. The van der Waals surface area contributed by atoms with Crippen LogP contribution in [0, 0.1) is 24.1 Å². The van der Waals surface area contributed by atoms with Gasteiger partial charge in [-0.15, -0.1) is 0 Å². The van der Waals surface area contributed by atoms with Crippen LogP contribution < -0.4 is 11.1 Å². The first-order chi connectivity index (χ1) is 9.02. The summed E-state index contributed by atoms with van der Waals surface area (Å²) in [6.07, 6.45) is 0. The number of nitrogens with zero attached hydrogens (tertiary/aromatic N) is 1. The topological polar surface area (TPSA) is 61.8 Å². The average Bonchev–Trinajstić information content (AvgIpc) is 2.36. The summed E-state index contributed by atoms with van der Waals surface area (Å²) in [6, 6.07) is 9.61. The Hall–Kier alpha value is -2.25. The first kappa shape index (κ1) is 13.2. The molecule has 0 bridgehead atoms. The number of hydrogen-bond donors (Lipinski definition) is 2. The van der Waals surface area contributed by atoms with Gasteiger partial charge in [0.15, 0.2) is 0 Å². The molecule has 0 aromatic heterocycles. The van der Waals surface area contributed by atoms with Crippen molar-refractivity contribution >= 4 is 28.7 Å². The molecule has 2 aromatic carbocycles. The quantitative estimate of drug-likeness (QED) is 0.815. The second kappa shape index (κ2) is 5.17. The summed E-state index contributed by atoms with van der Waals surface area (Å²) in [5, 5.41) is 12.4. The van der Waals surface area contributed by atoms with Crippen LogP contribution in [0.4, 0.5) is 21.5 Å². The van der Waals surface area contributed by atoms with Gasteiger partial charge in [0.05, 0.1) is 16.4 Å². The fourth-order valence-electron chi connectivity index (χ4n) is 1.73. The zero-order chi connectivity index (χ0) is 14.0. The van der Waals surface area contributed by atoms with Gasteiger partial charge in [-0.1, -0.05) is 17.7 Å². The fourth-order valence-corrected chi connectivity index (χ4v) is 1.89. The SMILES string of the molecule is Cc1cc(N)c(Cl)cc1Nc1cccc(F)c1C#N. The van der Waals surface area contributed by atoms with E-state index in [9.17, 15) is 4.39 Å². The summed E-state index contributed by atoms with van der Waals surface area (Å²) < 4.78 is 13.5. The van der Waals surface area contributed by atoms with Gasteiger partial charge in [0, 0.05) is 5.69 Å². The van der Waals surface area contributed by atoms with Gasteiger partial charge >= 0.3 is 0 Å². The molecule has 0 radical (unpaired) electrons. The van der Waals surface area contributed by atoms with E-state index in [1.807, 2.05) is 13.0 Å². The molecule has 96 valence electrons. The lowest BCUT2D eigenvalue weighted by atomic mass is 10.1. The van der Waals surface area contributed by atoms with Gasteiger partial charge in [-0.05, 0) is 36.8 Å². The van der Waals surface area contributed by atoms with Gasteiger partial charge in [0.1, 0.15) is 17.4 Å². The molecule has 0 fully saturated rings. The van der Waals surface area contributed by atoms with E-state index in [0.29, 0.717) is 22.1 Å². The van der Waals surface area contributed by atoms with Crippen LogP contribution in [0.5, 0.6) is 0 Å². The van der Waals surface area contributed by atoms with Crippen molar-refractivity contribution in [2.45, 2.75) is 6.92 Å². The van der Waals surface area contributed by atoms with Crippen LogP contribution in [0.15, 0.2) is 30.3 Å². The molecule has 0 unspecified atom stereocenters. The number of rotatable bonds is 2. The molecule has 2 aromatic rings. The van der Waals surface area contributed by atoms with Crippen molar-refractivity contribution in [1.82, 2.24) is 0 Å². The smallest absolute Gasteiger partial charge is 0.143 e. The number of anilines is 3. The van der Waals surface area contributed by atoms with Crippen molar-refractivity contribution in [3.05, 3.63) is 52.3 Å². The van der Waals surface area contributed by atoms with Crippen molar-refractivity contribution in [3.63, 3.8) is 0 Å². The maximum absolute atomic E-state index is 13.5. The summed E-state index contributed by atoms with van der Waals surface area (Å²) >= 11 is 5.95. The molecule has 2 rings (SSSR count). The molecule has 0 aliphatic rings. The molecule has 0 saturated carbocycles. The highest BCUT2D eigenvalue weighted by Crippen LogP contribution is 2.30. The summed E-state index contributed by atoms with van der Waals surface area (Å²) in [5.74, 6) is -0.563. The predicted molar refractivity (Wildman–Crippen MR) is 75.0 cm³/mol. The van der Waals surface area contributed by atoms with E-state index in [4.69, 9.17) is 22.6 Å². The second-order valence-corrected chi connectivity index (χ2v) is 4.50. The summed E-state index contributed by atoms with van der Waals surface area (Å²) in [7, 11) is 0.